The van der Waals surface area contributed by atoms with Crippen LogP contribution >= 0.6 is 12.4 Å². The van der Waals surface area contributed by atoms with Gasteiger partial charge in [0, 0.05) is 18.5 Å². The molecule has 1 atom stereocenters. The Morgan fingerprint density at radius 2 is 1.79 bits per heavy atom. The summed E-state index contributed by atoms with van der Waals surface area (Å²) in [5.74, 6) is 1.07. The number of benzene rings is 1. The molecule has 1 aromatic carbocycles. The van der Waals surface area contributed by atoms with E-state index in [1.165, 1.54) is 24.3 Å². The number of fused-ring (bicyclic) bond motifs is 1. The Hall–Kier alpha value is -1.86. The van der Waals surface area contributed by atoms with Crippen molar-refractivity contribution < 1.29 is 27.1 Å². The number of nitrogens with zero attached hydrogens (tertiary/aromatic N) is 1. The lowest BCUT2D eigenvalue weighted by Gasteiger charge is -2.18. The van der Waals surface area contributed by atoms with Crippen molar-refractivity contribution in [2.45, 2.75) is 25.4 Å². The van der Waals surface area contributed by atoms with E-state index in [4.69, 9.17) is 9.15 Å². The average molecular weight is 364 g/mol. The van der Waals surface area contributed by atoms with E-state index < -0.39 is 6.36 Å². The second kappa shape index (κ2) is 7.36. The second-order valence-corrected chi connectivity index (χ2v) is 5.45. The first-order valence-corrected chi connectivity index (χ1v) is 7.18. The minimum atomic E-state index is -4.69. The largest absolute Gasteiger partial charge is 0.573 e. The highest BCUT2D eigenvalue weighted by Crippen LogP contribution is 2.32. The summed E-state index contributed by atoms with van der Waals surface area (Å²) in [5, 5.41) is 0. The van der Waals surface area contributed by atoms with Crippen LogP contribution in [0.25, 0.3) is 0 Å². The minimum absolute atomic E-state index is 0. The first kappa shape index (κ1) is 18.5. The van der Waals surface area contributed by atoms with Crippen LogP contribution in [-0.2, 0) is 6.54 Å². The molecule has 0 radical (unpaired) electrons. The van der Waals surface area contributed by atoms with Crippen molar-refractivity contribution in [3.63, 3.8) is 0 Å². The van der Waals surface area contributed by atoms with Gasteiger partial charge in [-0.15, -0.1) is 25.6 Å². The number of rotatable bonds is 3. The van der Waals surface area contributed by atoms with Gasteiger partial charge < -0.3 is 13.9 Å². The molecule has 24 heavy (non-hydrogen) atoms. The molecule has 8 heteroatoms. The third kappa shape index (κ3) is 4.58. The van der Waals surface area contributed by atoms with Crippen LogP contribution in [0.5, 0.6) is 11.5 Å². The highest BCUT2D eigenvalue weighted by atomic mass is 35.5. The zero-order valence-corrected chi connectivity index (χ0v) is 13.7. The number of furan rings is 1. The molecule has 3 rings (SSSR count). The summed E-state index contributed by atoms with van der Waals surface area (Å²) < 4.78 is 51.7. The Labute approximate surface area is 143 Å². The van der Waals surface area contributed by atoms with Gasteiger partial charge in [-0.05, 0) is 37.4 Å². The van der Waals surface area contributed by atoms with E-state index in [-0.39, 0.29) is 24.3 Å². The fourth-order valence-electron chi connectivity index (χ4n) is 2.59. The molecule has 0 aliphatic carbocycles. The van der Waals surface area contributed by atoms with E-state index in [1.807, 2.05) is 13.1 Å². The lowest BCUT2D eigenvalue weighted by molar-refractivity contribution is -0.274. The van der Waals surface area contributed by atoms with Gasteiger partial charge in [-0.1, -0.05) is 0 Å². The van der Waals surface area contributed by atoms with Gasteiger partial charge >= 0.3 is 6.36 Å². The molecule has 1 unspecified atom stereocenters. The van der Waals surface area contributed by atoms with Crippen LogP contribution in [0, 0.1) is 0 Å². The summed E-state index contributed by atoms with van der Waals surface area (Å²) in [5.41, 5.74) is 0.977. The smallest absolute Gasteiger partial charge is 0.486 e. The molecule has 0 N–H and O–H groups in total. The van der Waals surface area contributed by atoms with Gasteiger partial charge in [0.05, 0.1) is 12.8 Å². The summed E-state index contributed by atoms with van der Waals surface area (Å²) in [6.07, 6.45) is -2.49. The maximum Gasteiger partial charge on any atom is 0.573 e. The van der Waals surface area contributed by atoms with Crippen LogP contribution < -0.4 is 9.47 Å². The fourth-order valence-corrected chi connectivity index (χ4v) is 2.59. The van der Waals surface area contributed by atoms with E-state index in [9.17, 15) is 13.2 Å². The van der Waals surface area contributed by atoms with Gasteiger partial charge in [-0.25, -0.2) is 0 Å². The van der Waals surface area contributed by atoms with Crippen LogP contribution in [0.4, 0.5) is 13.2 Å². The average Bonchev–Trinajstić information content (AvgIpc) is 2.86. The molecule has 1 aliphatic rings. The molecule has 0 saturated heterocycles. The van der Waals surface area contributed by atoms with Crippen LogP contribution in [0.15, 0.2) is 41.0 Å². The fraction of sp³-hybridized carbons (Fsp3) is 0.375. The number of ether oxygens (including phenoxy) is 2. The monoisotopic (exact) mass is 363 g/mol. The second-order valence-electron chi connectivity index (χ2n) is 5.45. The quantitative estimate of drug-likeness (QED) is 0.801. The molecule has 1 aliphatic heterocycles. The van der Waals surface area contributed by atoms with Gasteiger partial charge in [0.2, 0.25) is 0 Å². The maximum atomic E-state index is 12.2. The Bertz CT molecular complexity index is 657. The van der Waals surface area contributed by atoms with Crippen molar-refractivity contribution in [3.05, 3.63) is 47.9 Å². The normalized spacial score (nSPS) is 18.2. The molecular formula is C16H17ClF3NO3. The van der Waals surface area contributed by atoms with Crippen LogP contribution in [0.2, 0.25) is 0 Å². The Morgan fingerprint density at radius 3 is 2.46 bits per heavy atom. The van der Waals surface area contributed by atoms with E-state index >= 15 is 0 Å². The molecule has 0 spiro atoms. The van der Waals surface area contributed by atoms with Gasteiger partial charge in [-0.3, -0.25) is 4.90 Å². The summed E-state index contributed by atoms with van der Waals surface area (Å²) >= 11 is 0. The van der Waals surface area contributed by atoms with E-state index in [2.05, 4.69) is 9.64 Å². The minimum Gasteiger partial charge on any atom is -0.486 e. The predicted octanol–water partition coefficient (Wildman–Crippen LogP) is 4.56. The molecule has 2 heterocycles. The van der Waals surface area contributed by atoms with Crippen LogP contribution in [0.1, 0.15) is 23.8 Å². The summed E-state index contributed by atoms with van der Waals surface area (Å²) in [4.78, 5) is 2.13. The molecule has 4 nitrogen and oxygen atoms in total. The van der Waals surface area contributed by atoms with Crippen molar-refractivity contribution >= 4 is 12.4 Å². The number of alkyl halides is 3. The zero-order chi connectivity index (χ0) is 16.4. The predicted molar refractivity (Wildman–Crippen MR) is 83.4 cm³/mol. The summed E-state index contributed by atoms with van der Waals surface area (Å²) in [6.45, 7) is 1.55. The van der Waals surface area contributed by atoms with Crippen LogP contribution in [0.3, 0.4) is 0 Å². The molecule has 0 fully saturated rings. The Kier molecular flexibility index (Phi) is 5.66. The molecule has 1 aromatic heterocycles. The van der Waals surface area contributed by atoms with Gasteiger partial charge in [-0.2, -0.15) is 0 Å². The SMILES string of the molecule is CN1CCC(Oc2ccc(OC(F)(F)F)cc2)c2ccoc2C1.Cl. The third-order valence-corrected chi connectivity index (χ3v) is 3.65. The van der Waals surface area contributed by atoms with Crippen molar-refractivity contribution in [2.75, 3.05) is 13.6 Å². The van der Waals surface area contributed by atoms with Crippen LogP contribution in [-0.4, -0.2) is 24.9 Å². The lowest BCUT2D eigenvalue weighted by atomic mass is 10.1. The molecule has 0 bridgehead atoms. The van der Waals surface area contributed by atoms with E-state index in [0.717, 1.165) is 24.3 Å². The first-order valence-electron chi connectivity index (χ1n) is 7.18. The van der Waals surface area contributed by atoms with E-state index in [0.29, 0.717) is 12.3 Å². The molecular weight excluding hydrogens is 347 g/mol. The standard InChI is InChI=1S/C16H16F3NO3.ClH/c1-20-8-6-14(13-7-9-21-15(13)10-20)22-11-2-4-12(5-3-11)23-16(17,18)19;/h2-5,7,9,14H,6,8,10H2,1H3;1H. The molecule has 0 amide bonds. The topological polar surface area (TPSA) is 34.8 Å². The first-order chi connectivity index (χ1) is 10.9. The lowest BCUT2D eigenvalue weighted by Crippen LogP contribution is -2.18. The molecule has 132 valence electrons. The zero-order valence-electron chi connectivity index (χ0n) is 12.9. The van der Waals surface area contributed by atoms with Crippen molar-refractivity contribution in [1.29, 1.82) is 0 Å². The van der Waals surface area contributed by atoms with Gasteiger partial charge in [0.25, 0.3) is 0 Å². The van der Waals surface area contributed by atoms with Crippen molar-refractivity contribution in [2.24, 2.45) is 0 Å². The highest BCUT2D eigenvalue weighted by Gasteiger charge is 2.31. The summed E-state index contributed by atoms with van der Waals surface area (Å²) in [6, 6.07) is 7.29. The van der Waals surface area contributed by atoms with Gasteiger partial charge in [0.1, 0.15) is 23.4 Å². The molecule has 0 saturated carbocycles. The summed E-state index contributed by atoms with van der Waals surface area (Å²) in [7, 11) is 2.00. The van der Waals surface area contributed by atoms with Crippen molar-refractivity contribution in [1.82, 2.24) is 4.90 Å². The number of hydrogen-bond donors (Lipinski definition) is 0. The Morgan fingerprint density at radius 1 is 1.12 bits per heavy atom. The number of halogens is 4. The Balaban J connectivity index is 0.00000208. The van der Waals surface area contributed by atoms with Crippen molar-refractivity contribution in [3.8, 4) is 11.5 Å². The third-order valence-electron chi connectivity index (χ3n) is 3.65. The molecule has 2 aromatic rings. The number of hydrogen-bond acceptors (Lipinski definition) is 4. The van der Waals surface area contributed by atoms with E-state index in [1.54, 1.807) is 6.26 Å². The van der Waals surface area contributed by atoms with Gasteiger partial charge in [0.15, 0.2) is 0 Å². The highest BCUT2D eigenvalue weighted by molar-refractivity contribution is 5.85. The maximum absolute atomic E-state index is 12.2.